The molecule has 0 radical (unpaired) electrons. The van der Waals surface area contributed by atoms with Gasteiger partial charge in [-0.05, 0) is 75.2 Å². The molecule has 1 aliphatic heterocycles. The number of hydrogen-bond acceptors (Lipinski definition) is 2. The van der Waals surface area contributed by atoms with Gasteiger partial charge in [0.25, 0.3) is 0 Å². The van der Waals surface area contributed by atoms with Crippen molar-refractivity contribution in [1.82, 2.24) is 5.32 Å². The van der Waals surface area contributed by atoms with Gasteiger partial charge in [-0.3, -0.25) is 0 Å². The lowest BCUT2D eigenvalue weighted by Gasteiger charge is -2.32. The van der Waals surface area contributed by atoms with Crippen molar-refractivity contribution in [2.24, 2.45) is 5.92 Å². The molecule has 1 aromatic rings. The topological polar surface area (TPSA) is 21.3 Å². The summed E-state index contributed by atoms with van der Waals surface area (Å²) in [5, 5.41) is 3.65. The van der Waals surface area contributed by atoms with Crippen LogP contribution in [0.2, 0.25) is 0 Å². The third-order valence-electron chi connectivity index (χ3n) is 3.96. The van der Waals surface area contributed by atoms with Gasteiger partial charge in [-0.1, -0.05) is 6.07 Å². The predicted molar refractivity (Wildman–Crippen MR) is 84.3 cm³/mol. The van der Waals surface area contributed by atoms with Gasteiger partial charge in [0.1, 0.15) is 0 Å². The molecule has 1 saturated heterocycles. The van der Waals surface area contributed by atoms with Crippen LogP contribution in [0, 0.1) is 5.92 Å². The van der Waals surface area contributed by atoms with E-state index in [1.165, 1.54) is 31.2 Å². The molecule has 2 atom stereocenters. The summed E-state index contributed by atoms with van der Waals surface area (Å²) in [5.74, 6) is 0.599. The molecule has 0 amide bonds. The summed E-state index contributed by atoms with van der Waals surface area (Å²) in [6.07, 6.45) is 5.39. The Kier molecular flexibility index (Phi) is 4.62. The monoisotopic (exact) mass is 387 g/mol. The number of nitrogens with one attached hydrogen (secondary N) is 1. The number of benzene rings is 1. The highest BCUT2D eigenvalue weighted by atomic mass is 79.9. The number of rotatable bonds is 4. The Morgan fingerprint density at radius 2 is 2.00 bits per heavy atom. The van der Waals surface area contributed by atoms with Gasteiger partial charge >= 0.3 is 0 Å². The van der Waals surface area contributed by atoms with E-state index in [1.54, 1.807) is 0 Å². The van der Waals surface area contributed by atoms with Crippen LogP contribution in [0.1, 0.15) is 37.4 Å². The van der Waals surface area contributed by atoms with Crippen molar-refractivity contribution in [3.63, 3.8) is 0 Å². The van der Waals surface area contributed by atoms with E-state index in [9.17, 15) is 0 Å². The molecular weight excluding hydrogens is 370 g/mol. The van der Waals surface area contributed by atoms with E-state index in [-0.39, 0.29) is 6.10 Å². The molecule has 1 saturated carbocycles. The minimum absolute atomic E-state index is 0.240. The van der Waals surface area contributed by atoms with Gasteiger partial charge in [0.05, 0.1) is 6.10 Å². The zero-order chi connectivity index (χ0) is 13.2. The molecule has 4 heteroatoms. The maximum Gasteiger partial charge on any atom is 0.0865 e. The first-order chi connectivity index (χ1) is 9.24. The fourth-order valence-electron chi connectivity index (χ4n) is 2.72. The SMILES string of the molecule is Brc1ccc(C2OCCCC2CNC2CC2)cc1Br. The Hall–Kier alpha value is 0.1000. The molecule has 1 heterocycles. The summed E-state index contributed by atoms with van der Waals surface area (Å²) in [6, 6.07) is 7.24. The minimum Gasteiger partial charge on any atom is -0.373 e. The highest BCUT2D eigenvalue weighted by molar-refractivity contribution is 9.13. The zero-order valence-electron chi connectivity index (χ0n) is 10.9. The molecule has 1 aromatic carbocycles. The van der Waals surface area contributed by atoms with Crippen LogP contribution in [-0.2, 0) is 4.74 Å². The summed E-state index contributed by atoms with van der Waals surface area (Å²) < 4.78 is 8.25. The second-order valence-corrected chi connectivity index (χ2v) is 7.26. The van der Waals surface area contributed by atoms with E-state index < -0.39 is 0 Å². The van der Waals surface area contributed by atoms with Crippen LogP contribution in [0.15, 0.2) is 27.1 Å². The predicted octanol–water partition coefficient (Wildman–Crippen LogP) is 4.43. The van der Waals surface area contributed by atoms with Crippen LogP contribution in [0.25, 0.3) is 0 Å². The van der Waals surface area contributed by atoms with Crippen LogP contribution in [0.4, 0.5) is 0 Å². The fourth-order valence-corrected chi connectivity index (χ4v) is 3.36. The third kappa shape index (κ3) is 3.60. The summed E-state index contributed by atoms with van der Waals surface area (Å²) >= 11 is 7.11. The van der Waals surface area contributed by atoms with Crippen LogP contribution in [0.3, 0.4) is 0 Å². The summed E-state index contributed by atoms with van der Waals surface area (Å²) in [4.78, 5) is 0. The molecule has 19 heavy (non-hydrogen) atoms. The molecule has 0 spiro atoms. The van der Waals surface area contributed by atoms with Crippen LogP contribution >= 0.6 is 31.9 Å². The van der Waals surface area contributed by atoms with Crippen molar-refractivity contribution in [3.8, 4) is 0 Å². The van der Waals surface area contributed by atoms with E-state index >= 15 is 0 Å². The average Bonchev–Trinajstić information content (AvgIpc) is 3.24. The highest BCUT2D eigenvalue weighted by Gasteiger charge is 2.30. The van der Waals surface area contributed by atoms with Gasteiger partial charge in [0, 0.05) is 34.1 Å². The van der Waals surface area contributed by atoms with Crippen molar-refractivity contribution < 1.29 is 4.74 Å². The standard InChI is InChI=1S/C15H19Br2NO/c16-13-6-3-10(8-14(13)17)15-11(2-1-7-19-15)9-18-12-4-5-12/h3,6,8,11-12,15,18H,1-2,4-5,7,9H2. The Labute approximate surface area is 131 Å². The molecule has 3 rings (SSSR count). The number of halogens is 2. The lowest BCUT2D eigenvalue weighted by Crippen LogP contribution is -2.32. The van der Waals surface area contributed by atoms with E-state index in [1.807, 2.05) is 0 Å². The zero-order valence-corrected chi connectivity index (χ0v) is 14.0. The Morgan fingerprint density at radius 3 is 2.74 bits per heavy atom. The molecule has 1 N–H and O–H groups in total. The first-order valence-electron chi connectivity index (χ1n) is 7.04. The average molecular weight is 389 g/mol. The Balaban J connectivity index is 1.72. The number of ether oxygens (including phenoxy) is 1. The molecule has 1 aliphatic carbocycles. The van der Waals surface area contributed by atoms with Crippen molar-refractivity contribution in [1.29, 1.82) is 0 Å². The first-order valence-corrected chi connectivity index (χ1v) is 8.62. The Morgan fingerprint density at radius 1 is 1.16 bits per heavy atom. The third-order valence-corrected chi connectivity index (χ3v) is 5.84. The summed E-state index contributed by atoms with van der Waals surface area (Å²) in [6.45, 7) is 1.97. The van der Waals surface area contributed by atoms with E-state index in [0.29, 0.717) is 5.92 Å². The van der Waals surface area contributed by atoms with E-state index in [2.05, 4.69) is 55.4 Å². The molecule has 2 unspecified atom stereocenters. The lowest BCUT2D eigenvalue weighted by molar-refractivity contribution is -0.0279. The summed E-state index contributed by atoms with van der Waals surface area (Å²) in [5.41, 5.74) is 1.29. The van der Waals surface area contributed by atoms with Gasteiger partial charge in [-0.15, -0.1) is 0 Å². The van der Waals surface area contributed by atoms with Crippen LogP contribution in [-0.4, -0.2) is 19.2 Å². The maximum absolute atomic E-state index is 6.05. The highest BCUT2D eigenvalue weighted by Crippen LogP contribution is 2.36. The fraction of sp³-hybridized carbons (Fsp3) is 0.600. The molecule has 2 fully saturated rings. The van der Waals surface area contributed by atoms with Gasteiger partial charge in [0.15, 0.2) is 0 Å². The van der Waals surface area contributed by atoms with Crippen molar-refractivity contribution >= 4 is 31.9 Å². The Bertz CT molecular complexity index is 448. The minimum atomic E-state index is 0.240. The lowest BCUT2D eigenvalue weighted by atomic mass is 9.89. The molecular formula is C15H19Br2NO. The summed E-state index contributed by atoms with van der Waals surface area (Å²) in [7, 11) is 0. The second kappa shape index (κ2) is 6.25. The smallest absolute Gasteiger partial charge is 0.0865 e. The molecule has 0 bridgehead atoms. The normalized spacial score (nSPS) is 27.5. The van der Waals surface area contributed by atoms with Gasteiger partial charge in [-0.2, -0.15) is 0 Å². The maximum atomic E-state index is 6.05. The molecule has 2 aliphatic rings. The van der Waals surface area contributed by atoms with Crippen LogP contribution in [0.5, 0.6) is 0 Å². The van der Waals surface area contributed by atoms with E-state index in [4.69, 9.17) is 4.74 Å². The second-order valence-electron chi connectivity index (χ2n) is 5.55. The largest absolute Gasteiger partial charge is 0.373 e. The van der Waals surface area contributed by atoms with Gasteiger partial charge in [0.2, 0.25) is 0 Å². The molecule has 2 nitrogen and oxygen atoms in total. The van der Waals surface area contributed by atoms with E-state index in [0.717, 1.165) is 28.1 Å². The van der Waals surface area contributed by atoms with Crippen LogP contribution < -0.4 is 5.32 Å². The van der Waals surface area contributed by atoms with Gasteiger partial charge in [-0.25, -0.2) is 0 Å². The quantitative estimate of drug-likeness (QED) is 0.823. The van der Waals surface area contributed by atoms with Crippen molar-refractivity contribution in [3.05, 3.63) is 32.7 Å². The number of hydrogen-bond donors (Lipinski definition) is 1. The van der Waals surface area contributed by atoms with Crippen molar-refractivity contribution in [2.45, 2.75) is 37.8 Å². The van der Waals surface area contributed by atoms with Crippen molar-refractivity contribution in [2.75, 3.05) is 13.2 Å². The first kappa shape index (κ1) is 14.1. The molecule has 104 valence electrons. The molecule has 0 aromatic heterocycles. The van der Waals surface area contributed by atoms with Gasteiger partial charge < -0.3 is 10.1 Å².